The van der Waals surface area contributed by atoms with Crippen LogP contribution in [0, 0.1) is 12.8 Å². The fourth-order valence-electron chi connectivity index (χ4n) is 3.61. The van der Waals surface area contributed by atoms with Crippen molar-refractivity contribution in [3.63, 3.8) is 0 Å². The van der Waals surface area contributed by atoms with Crippen LogP contribution in [0.2, 0.25) is 0 Å². The third-order valence-corrected chi connectivity index (χ3v) is 4.99. The molecule has 1 N–H and O–H groups in total. The van der Waals surface area contributed by atoms with Gasteiger partial charge in [-0.3, -0.25) is 9.59 Å². The number of likely N-dealkylation sites (tertiary alicyclic amines) is 1. The number of carbonyl (C=O) groups excluding carboxylic acids is 1. The van der Waals surface area contributed by atoms with Gasteiger partial charge in [0.05, 0.1) is 5.92 Å². The lowest BCUT2D eigenvalue weighted by atomic mass is 9.89. The van der Waals surface area contributed by atoms with Gasteiger partial charge in [-0.25, -0.2) is 4.98 Å². The van der Waals surface area contributed by atoms with E-state index in [2.05, 4.69) is 4.98 Å². The van der Waals surface area contributed by atoms with Crippen molar-refractivity contribution in [2.24, 2.45) is 5.92 Å². The van der Waals surface area contributed by atoms with Crippen LogP contribution < -0.4 is 0 Å². The van der Waals surface area contributed by atoms with E-state index >= 15 is 0 Å². The standard InChI is InChI=1S/C20H19N3O3/c1-13-7-8-22-12-17(21-18(22)9-13)19(24)23-10-15(16(11-23)20(25)26)14-5-3-2-4-6-14/h2-9,12,15-16H,10-11H2,1H3,(H,25,26)/t15-,16-/m0/s1. The number of pyridine rings is 1. The SMILES string of the molecule is Cc1ccn2cc(C(=O)N3C[C@H](C(=O)O)[C@H](c4ccccc4)C3)nc2c1. The van der Waals surface area contributed by atoms with Crippen molar-refractivity contribution in [1.82, 2.24) is 14.3 Å². The molecule has 6 nitrogen and oxygen atoms in total. The first-order valence-electron chi connectivity index (χ1n) is 8.55. The van der Waals surface area contributed by atoms with Crippen LogP contribution in [0.4, 0.5) is 0 Å². The second-order valence-electron chi connectivity index (χ2n) is 6.77. The molecule has 1 aliphatic rings. The molecule has 3 aromatic rings. The van der Waals surface area contributed by atoms with Gasteiger partial charge in [-0.15, -0.1) is 0 Å². The van der Waals surface area contributed by atoms with Crippen LogP contribution >= 0.6 is 0 Å². The van der Waals surface area contributed by atoms with E-state index in [-0.39, 0.29) is 18.4 Å². The summed E-state index contributed by atoms with van der Waals surface area (Å²) in [5, 5.41) is 9.60. The highest BCUT2D eigenvalue weighted by Gasteiger charge is 2.41. The minimum Gasteiger partial charge on any atom is -0.481 e. The molecule has 2 aromatic heterocycles. The van der Waals surface area contributed by atoms with Crippen LogP contribution in [-0.4, -0.2) is 44.4 Å². The number of benzene rings is 1. The first kappa shape index (κ1) is 16.3. The Morgan fingerprint density at radius 3 is 2.65 bits per heavy atom. The lowest BCUT2D eigenvalue weighted by molar-refractivity contribution is -0.141. The Morgan fingerprint density at radius 2 is 1.92 bits per heavy atom. The van der Waals surface area contributed by atoms with Gasteiger partial charge in [0, 0.05) is 31.4 Å². The van der Waals surface area contributed by atoms with Crippen molar-refractivity contribution in [2.75, 3.05) is 13.1 Å². The molecular weight excluding hydrogens is 330 g/mol. The van der Waals surface area contributed by atoms with Crippen LogP contribution in [0.3, 0.4) is 0 Å². The van der Waals surface area contributed by atoms with Crippen molar-refractivity contribution in [3.8, 4) is 0 Å². The Hall–Kier alpha value is -3.15. The van der Waals surface area contributed by atoms with Gasteiger partial charge >= 0.3 is 5.97 Å². The highest BCUT2D eigenvalue weighted by molar-refractivity contribution is 5.93. The number of rotatable bonds is 3. The number of imidazole rings is 1. The molecule has 4 rings (SSSR count). The predicted octanol–water partition coefficient (Wildman–Crippen LogP) is 2.58. The van der Waals surface area contributed by atoms with Crippen LogP contribution in [0.25, 0.3) is 5.65 Å². The molecule has 6 heteroatoms. The minimum absolute atomic E-state index is 0.195. The summed E-state index contributed by atoms with van der Waals surface area (Å²) in [6, 6.07) is 13.4. The van der Waals surface area contributed by atoms with Crippen LogP contribution in [-0.2, 0) is 4.79 Å². The van der Waals surface area contributed by atoms with Crippen LogP contribution in [0.1, 0.15) is 27.5 Å². The first-order valence-corrected chi connectivity index (χ1v) is 8.55. The van der Waals surface area contributed by atoms with Gasteiger partial charge in [-0.2, -0.15) is 0 Å². The molecule has 132 valence electrons. The average Bonchev–Trinajstić information content (AvgIpc) is 3.26. The van der Waals surface area contributed by atoms with Gasteiger partial charge < -0.3 is 14.4 Å². The summed E-state index contributed by atoms with van der Waals surface area (Å²) in [7, 11) is 0. The fourth-order valence-corrected chi connectivity index (χ4v) is 3.61. The first-order chi connectivity index (χ1) is 12.5. The molecule has 1 saturated heterocycles. The van der Waals surface area contributed by atoms with E-state index < -0.39 is 11.9 Å². The van der Waals surface area contributed by atoms with Gasteiger partial charge in [-0.05, 0) is 30.2 Å². The van der Waals surface area contributed by atoms with E-state index in [9.17, 15) is 14.7 Å². The lowest BCUT2D eigenvalue weighted by Gasteiger charge is -2.15. The zero-order valence-electron chi connectivity index (χ0n) is 14.4. The van der Waals surface area contributed by atoms with Gasteiger partial charge in [-0.1, -0.05) is 30.3 Å². The van der Waals surface area contributed by atoms with Crippen molar-refractivity contribution in [3.05, 3.63) is 71.7 Å². The average molecular weight is 349 g/mol. The quantitative estimate of drug-likeness (QED) is 0.789. The van der Waals surface area contributed by atoms with E-state index in [4.69, 9.17) is 0 Å². The number of nitrogens with zero attached hydrogens (tertiary/aromatic N) is 3. The second kappa shape index (κ2) is 6.29. The lowest BCUT2D eigenvalue weighted by Crippen LogP contribution is -2.30. The molecule has 0 bridgehead atoms. The van der Waals surface area contributed by atoms with Crippen LogP contribution in [0.5, 0.6) is 0 Å². The Balaban J connectivity index is 1.62. The summed E-state index contributed by atoms with van der Waals surface area (Å²) in [5.74, 6) is -1.92. The molecule has 0 unspecified atom stereocenters. The molecule has 1 aliphatic heterocycles. The van der Waals surface area contributed by atoms with E-state index in [0.29, 0.717) is 17.9 Å². The molecule has 2 atom stereocenters. The minimum atomic E-state index is -0.875. The van der Waals surface area contributed by atoms with Crippen molar-refractivity contribution in [2.45, 2.75) is 12.8 Å². The Labute approximate surface area is 150 Å². The molecule has 1 aromatic carbocycles. The normalized spacial score (nSPS) is 19.8. The largest absolute Gasteiger partial charge is 0.481 e. The fraction of sp³-hybridized carbons (Fsp3) is 0.250. The van der Waals surface area contributed by atoms with Crippen molar-refractivity contribution in [1.29, 1.82) is 0 Å². The summed E-state index contributed by atoms with van der Waals surface area (Å²) < 4.78 is 1.81. The summed E-state index contributed by atoms with van der Waals surface area (Å²) in [6.45, 7) is 2.55. The van der Waals surface area contributed by atoms with Gasteiger partial charge in [0.2, 0.25) is 0 Å². The molecule has 1 fully saturated rings. The summed E-state index contributed by atoms with van der Waals surface area (Å²) in [6.07, 6.45) is 3.56. The van der Waals surface area contributed by atoms with Gasteiger partial charge in [0.1, 0.15) is 11.3 Å². The number of fused-ring (bicyclic) bond motifs is 1. The number of aliphatic carboxylic acids is 1. The molecule has 0 saturated carbocycles. The number of hydrogen-bond acceptors (Lipinski definition) is 3. The van der Waals surface area contributed by atoms with Gasteiger partial charge in [0.15, 0.2) is 0 Å². The number of carboxylic acid groups (broad SMARTS) is 1. The molecule has 0 aliphatic carbocycles. The van der Waals surface area contributed by atoms with Gasteiger partial charge in [0.25, 0.3) is 5.91 Å². The Bertz CT molecular complexity index is 980. The Morgan fingerprint density at radius 1 is 1.15 bits per heavy atom. The third kappa shape index (κ3) is 2.83. The summed E-state index contributed by atoms with van der Waals surface area (Å²) >= 11 is 0. The summed E-state index contributed by atoms with van der Waals surface area (Å²) in [4.78, 5) is 30.6. The second-order valence-corrected chi connectivity index (χ2v) is 6.77. The van der Waals surface area contributed by atoms with E-state index in [1.54, 1.807) is 15.5 Å². The highest BCUT2D eigenvalue weighted by Crippen LogP contribution is 2.33. The molecule has 1 amide bonds. The maximum Gasteiger partial charge on any atom is 0.308 e. The molecular formula is C20H19N3O3. The van der Waals surface area contributed by atoms with E-state index in [1.165, 1.54) is 0 Å². The predicted molar refractivity (Wildman–Crippen MR) is 96.1 cm³/mol. The number of aryl methyl sites for hydroxylation is 1. The maximum atomic E-state index is 12.9. The number of amides is 1. The molecule has 26 heavy (non-hydrogen) atoms. The molecule has 0 spiro atoms. The van der Waals surface area contributed by atoms with Crippen LogP contribution in [0.15, 0.2) is 54.9 Å². The maximum absolute atomic E-state index is 12.9. The number of carboxylic acids is 1. The summed E-state index contributed by atoms with van der Waals surface area (Å²) in [5.41, 5.74) is 3.06. The zero-order chi connectivity index (χ0) is 18.3. The van der Waals surface area contributed by atoms with Crippen molar-refractivity contribution < 1.29 is 14.7 Å². The number of hydrogen-bond donors (Lipinski definition) is 1. The highest BCUT2D eigenvalue weighted by atomic mass is 16.4. The Kier molecular flexibility index (Phi) is 3.95. The van der Waals surface area contributed by atoms with E-state index in [1.807, 2.05) is 55.6 Å². The molecule has 0 radical (unpaired) electrons. The van der Waals surface area contributed by atoms with E-state index in [0.717, 1.165) is 11.1 Å². The zero-order valence-corrected chi connectivity index (χ0v) is 14.4. The number of carbonyl (C=O) groups is 2. The van der Waals surface area contributed by atoms with Crippen molar-refractivity contribution >= 4 is 17.5 Å². The topological polar surface area (TPSA) is 74.9 Å². The smallest absolute Gasteiger partial charge is 0.308 e. The number of aromatic nitrogens is 2. The molecule has 3 heterocycles. The monoisotopic (exact) mass is 349 g/mol. The third-order valence-electron chi connectivity index (χ3n) is 4.99.